The number of fused-ring (bicyclic) bond motifs is 3. The van der Waals surface area contributed by atoms with Crippen LogP contribution in [-0.2, 0) is 19.4 Å². The zero-order chi connectivity index (χ0) is 16.4. The Kier molecular flexibility index (Phi) is 4.34. The molecule has 0 radical (unpaired) electrons. The molecule has 0 spiro atoms. The van der Waals surface area contributed by atoms with Crippen LogP contribution in [0.3, 0.4) is 0 Å². The van der Waals surface area contributed by atoms with Gasteiger partial charge in [0.1, 0.15) is 5.82 Å². The lowest BCUT2D eigenvalue weighted by Crippen LogP contribution is -2.25. The molecule has 1 amide bonds. The molecule has 2 aromatic heterocycles. The summed E-state index contributed by atoms with van der Waals surface area (Å²) in [6.45, 7) is 1.70. The van der Waals surface area contributed by atoms with Crippen LogP contribution in [-0.4, -0.2) is 22.0 Å². The molecule has 0 aliphatic carbocycles. The number of aryl methyl sites for hydroxylation is 2. The van der Waals surface area contributed by atoms with Gasteiger partial charge in [-0.05, 0) is 48.9 Å². The summed E-state index contributed by atoms with van der Waals surface area (Å²) in [7, 11) is 0. The maximum atomic E-state index is 12.4. The van der Waals surface area contributed by atoms with Gasteiger partial charge in [-0.2, -0.15) is 0 Å². The van der Waals surface area contributed by atoms with Crippen molar-refractivity contribution < 1.29 is 4.79 Å². The second-order valence-corrected chi connectivity index (χ2v) is 7.31. The SMILES string of the molecule is O=C(NCCc1cccs1)c1ccc2c(c1)nc1n2CCCCC1. The molecule has 3 heterocycles. The van der Waals surface area contributed by atoms with Crippen molar-refractivity contribution in [3.8, 4) is 0 Å². The number of aromatic nitrogens is 2. The van der Waals surface area contributed by atoms with Gasteiger partial charge in [-0.25, -0.2) is 4.98 Å². The van der Waals surface area contributed by atoms with E-state index in [0.717, 1.165) is 36.2 Å². The molecular formula is C19H21N3OS. The molecule has 0 atom stereocenters. The van der Waals surface area contributed by atoms with Gasteiger partial charge in [0, 0.05) is 30.0 Å². The van der Waals surface area contributed by atoms with Crippen LogP contribution in [0, 0.1) is 0 Å². The molecule has 24 heavy (non-hydrogen) atoms. The number of thiophene rings is 1. The second-order valence-electron chi connectivity index (χ2n) is 6.28. The summed E-state index contributed by atoms with van der Waals surface area (Å²) in [6, 6.07) is 10.0. The first-order chi connectivity index (χ1) is 11.8. The third-order valence-corrected chi connectivity index (χ3v) is 5.54. The van der Waals surface area contributed by atoms with Crippen LogP contribution in [0.2, 0.25) is 0 Å². The number of carbonyl (C=O) groups is 1. The summed E-state index contributed by atoms with van der Waals surface area (Å²) in [4.78, 5) is 18.4. The van der Waals surface area contributed by atoms with E-state index < -0.39 is 0 Å². The van der Waals surface area contributed by atoms with Crippen LogP contribution >= 0.6 is 11.3 Å². The standard InChI is InChI=1S/C19H21N3OS/c23-19(20-10-9-15-5-4-12-24-15)14-7-8-17-16(13-14)21-18-6-2-1-3-11-22(17)18/h4-5,7-8,12-13H,1-3,6,9-11H2,(H,20,23). The van der Waals surface area contributed by atoms with E-state index in [1.165, 1.54) is 24.1 Å². The van der Waals surface area contributed by atoms with Gasteiger partial charge < -0.3 is 9.88 Å². The van der Waals surface area contributed by atoms with E-state index in [0.29, 0.717) is 12.1 Å². The third-order valence-electron chi connectivity index (χ3n) is 4.61. The normalized spacial score (nSPS) is 14.3. The topological polar surface area (TPSA) is 46.9 Å². The number of benzene rings is 1. The highest BCUT2D eigenvalue weighted by molar-refractivity contribution is 7.09. The molecule has 4 rings (SSSR count). The number of imidazole rings is 1. The van der Waals surface area contributed by atoms with Crippen molar-refractivity contribution in [3.05, 3.63) is 52.0 Å². The van der Waals surface area contributed by atoms with Crippen molar-refractivity contribution in [2.24, 2.45) is 0 Å². The Labute approximate surface area is 145 Å². The minimum Gasteiger partial charge on any atom is -0.352 e. The van der Waals surface area contributed by atoms with Crippen molar-refractivity contribution in [1.29, 1.82) is 0 Å². The summed E-state index contributed by atoms with van der Waals surface area (Å²) in [6.07, 6.45) is 5.61. The van der Waals surface area contributed by atoms with Gasteiger partial charge in [-0.1, -0.05) is 12.5 Å². The number of rotatable bonds is 4. The fourth-order valence-electron chi connectivity index (χ4n) is 3.35. The Morgan fingerprint density at radius 2 is 2.21 bits per heavy atom. The Morgan fingerprint density at radius 3 is 3.08 bits per heavy atom. The average molecular weight is 339 g/mol. The highest BCUT2D eigenvalue weighted by atomic mass is 32.1. The summed E-state index contributed by atoms with van der Waals surface area (Å²) >= 11 is 1.73. The zero-order valence-corrected chi connectivity index (χ0v) is 14.4. The molecule has 5 heteroatoms. The molecule has 4 nitrogen and oxygen atoms in total. The van der Waals surface area contributed by atoms with Crippen LogP contribution in [0.4, 0.5) is 0 Å². The van der Waals surface area contributed by atoms with E-state index >= 15 is 0 Å². The predicted octanol–water partition coefficient (Wildman–Crippen LogP) is 3.80. The zero-order valence-electron chi connectivity index (χ0n) is 13.6. The van der Waals surface area contributed by atoms with E-state index in [2.05, 4.69) is 21.3 Å². The van der Waals surface area contributed by atoms with E-state index in [4.69, 9.17) is 4.98 Å². The quantitative estimate of drug-likeness (QED) is 0.786. The van der Waals surface area contributed by atoms with Crippen molar-refractivity contribution in [1.82, 2.24) is 14.9 Å². The molecule has 0 saturated carbocycles. The molecule has 0 fully saturated rings. The second kappa shape index (κ2) is 6.77. The molecule has 1 N–H and O–H groups in total. The van der Waals surface area contributed by atoms with E-state index in [1.54, 1.807) is 11.3 Å². The summed E-state index contributed by atoms with van der Waals surface area (Å²) in [5.74, 6) is 1.15. The van der Waals surface area contributed by atoms with Gasteiger partial charge >= 0.3 is 0 Å². The van der Waals surface area contributed by atoms with Crippen LogP contribution in [0.25, 0.3) is 11.0 Å². The summed E-state index contributed by atoms with van der Waals surface area (Å²) < 4.78 is 2.32. The van der Waals surface area contributed by atoms with Crippen LogP contribution in [0.15, 0.2) is 35.7 Å². The number of amides is 1. The maximum absolute atomic E-state index is 12.4. The highest BCUT2D eigenvalue weighted by Crippen LogP contribution is 2.22. The maximum Gasteiger partial charge on any atom is 0.251 e. The van der Waals surface area contributed by atoms with Gasteiger partial charge in [0.25, 0.3) is 5.91 Å². The number of carbonyl (C=O) groups excluding carboxylic acids is 1. The Balaban J connectivity index is 1.49. The molecule has 0 unspecified atom stereocenters. The third kappa shape index (κ3) is 3.08. The van der Waals surface area contributed by atoms with Gasteiger partial charge in [0.15, 0.2) is 0 Å². The molecule has 124 valence electrons. The first-order valence-electron chi connectivity index (χ1n) is 8.61. The molecule has 1 aliphatic heterocycles. The Hall–Kier alpha value is -2.14. The lowest BCUT2D eigenvalue weighted by molar-refractivity contribution is 0.0954. The van der Waals surface area contributed by atoms with Gasteiger partial charge in [0.05, 0.1) is 11.0 Å². The van der Waals surface area contributed by atoms with Crippen molar-refractivity contribution in [2.45, 2.75) is 38.6 Å². The van der Waals surface area contributed by atoms with Crippen LogP contribution in [0.1, 0.15) is 40.3 Å². The monoisotopic (exact) mass is 339 g/mol. The summed E-state index contributed by atoms with van der Waals surface area (Å²) in [5.41, 5.74) is 2.79. The lowest BCUT2D eigenvalue weighted by Gasteiger charge is -2.06. The first kappa shape index (κ1) is 15.4. The molecule has 1 aromatic carbocycles. The molecule has 3 aromatic rings. The fraction of sp³-hybridized carbons (Fsp3) is 0.368. The van der Waals surface area contributed by atoms with Gasteiger partial charge in [-0.3, -0.25) is 4.79 Å². The minimum absolute atomic E-state index is 0.0170. The Bertz CT molecular complexity index is 851. The smallest absolute Gasteiger partial charge is 0.251 e. The first-order valence-corrected chi connectivity index (χ1v) is 9.49. The summed E-state index contributed by atoms with van der Waals surface area (Å²) in [5, 5.41) is 5.07. The van der Waals surface area contributed by atoms with Gasteiger partial charge in [0.2, 0.25) is 0 Å². The van der Waals surface area contributed by atoms with E-state index in [1.807, 2.05) is 24.3 Å². The largest absolute Gasteiger partial charge is 0.352 e. The predicted molar refractivity (Wildman–Crippen MR) is 97.6 cm³/mol. The van der Waals surface area contributed by atoms with Crippen molar-refractivity contribution >= 4 is 28.3 Å². The molecule has 1 aliphatic rings. The molecular weight excluding hydrogens is 318 g/mol. The molecule has 0 saturated heterocycles. The van der Waals surface area contributed by atoms with Crippen molar-refractivity contribution in [3.63, 3.8) is 0 Å². The molecule has 0 bridgehead atoms. The minimum atomic E-state index is -0.0170. The van der Waals surface area contributed by atoms with Gasteiger partial charge in [-0.15, -0.1) is 11.3 Å². The van der Waals surface area contributed by atoms with Crippen LogP contribution in [0.5, 0.6) is 0 Å². The number of nitrogens with zero attached hydrogens (tertiary/aromatic N) is 2. The van der Waals surface area contributed by atoms with Crippen LogP contribution < -0.4 is 5.32 Å². The lowest BCUT2D eigenvalue weighted by atomic mass is 10.2. The van der Waals surface area contributed by atoms with Crippen molar-refractivity contribution in [2.75, 3.05) is 6.54 Å². The number of hydrogen-bond donors (Lipinski definition) is 1. The van der Waals surface area contributed by atoms with E-state index in [9.17, 15) is 4.79 Å². The number of nitrogens with one attached hydrogen (secondary N) is 1. The van der Waals surface area contributed by atoms with E-state index in [-0.39, 0.29) is 5.91 Å². The number of hydrogen-bond acceptors (Lipinski definition) is 3. The fourth-order valence-corrected chi connectivity index (χ4v) is 4.06. The average Bonchev–Trinajstić information content (AvgIpc) is 3.16. The highest BCUT2D eigenvalue weighted by Gasteiger charge is 2.15. The Morgan fingerprint density at radius 1 is 1.25 bits per heavy atom.